The normalized spacial score (nSPS) is 18.2. The lowest BCUT2D eigenvalue weighted by Gasteiger charge is -2.00. The smallest absolute Gasteiger partial charge is 0.300 e. The lowest BCUT2D eigenvalue weighted by molar-refractivity contribution is 0.353. The van der Waals surface area contributed by atoms with Gasteiger partial charge < -0.3 is 10.1 Å². The van der Waals surface area contributed by atoms with Gasteiger partial charge in [0.2, 0.25) is 0 Å². The fourth-order valence-corrected chi connectivity index (χ4v) is 2.21. The maximum atomic E-state index is 11.8. The van der Waals surface area contributed by atoms with Crippen LogP contribution >= 0.6 is 0 Å². The molecule has 1 saturated heterocycles. The van der Waals surface area contributed by atoms with Crippen molar-refractivity contribution in [2.75, 3.05) is 13.2 Å². The maximum absolute atomic E-state index is 11.8. The number of amidine groups is 1. The summed E-state index contributed by atoms with van der Waals surface area (Å²) < 4.78 is 32.1. The molecule has 0 aromatic heterocycles. The zero-order valence-corrected chi connectivity index (χ0v) is 9.62. The number of hydrogen-bond donors (Lipinski definition) is 1. The molecule has 0 amide bonds. The van der Waals surface area contributed by atoms with Crippen molar-refractivity contribution in [2.45, 2.75) is 11.8 Å². The van der Waals surface area contributed by atoms with Gasteiger partial charge >= 0.3 is 6.02 Å². The number of aryl methyl sites for hydroxylation is 1. The summed E-state index contributed by atoms with van der Waals surface area (Å²) in [6.45, 7) is 2.93. The van der Waals surface area contributed by atoms with Crippen LogP contribution in [0.1, 0.15) is 5.56 Å². The fraction of sp³-hybridized carbons (Fsp3) is 0.300. The molecule has 86 valence electrons. The van der Waals surface area contributed by atoms with E-state index in [0.717, 1.165) is 5.56 Å². The summed E-state index contributed by atoms with van der Waals surface area (Å²) in [6.07, 6.45) is 0. The lowest BCUT2D eigenvalue weighted by atomic mass is 10.2. The van der Waals surface area contributed by atoms with Crippen LogP contribution in [0, 0.1) is 6.92 Å². The predicted molar refractivity (Wildman–Crippen MR) is 59.8 cm³/mol. The van der Waals surface area contributed by atoms with Crippen LogP contribution in [0.5, 0.6) is 0 Å². The van der Waals surface area contributed by atoms with Crippen LogP contribution in [0.15, 0.2) is 33.6 Å². The number of ether oxygens (including phenoxy) is 1. The number of hydrogen-bond acceptors (Lipinski definition) is 3. The summed E-state index contributed by atoms with van der Waals surface area (Å²) in [5, 5.41) is 2.74. The Bertz CT molecular complexity index is 497. The second kappa shape index (κ2) is 4.13. The van der Waals surface area contributed by atoms with Crippen LogP contribution < -0.4 is 5.32 Å². The van der Waals surface area contributed by atoms with Crippen molar-refractivity contribution in [3.63, 3.8) is 0 Å². The van der Waals surface area contributed by atoms with Crippen molar-refractivity contribution < 1.29 is 13.2 Å². The summed E-state index contributed by atoms with van der Waals surface area (Å²) in [6, 6.07) is 6.60. The monoisotopic (exact) mass is 240 g/mol. The van der Waals surface area contributed by atoms with Crippen molar-refractivity contribution in [1.82, 2.24) is 5.32 Å². The zero-order valence-electron chi connectivity index (χ0n) is 8.80. The molecule has 16 heavy (non-hydrogen) atoms. The van der Waals surface area contributed by atoms with E-state index in [4.69, 9.17) is 4.74 Å². The molecule has 0 spiro atoms. The SMILES string of the molecule is Cc1ccc(S(=O)(=O)/N=C2\NCCO2)cc1. The van der Waals surface area contributed by atoms with Gasteiger partial charge in [0, 0.05) is 0 Å². The molecule has 1 aromatic rings. The molecular weight excluding hydrogens is 228 g/mol. The van der Waals surface area contributed by atoms with Gasteiger partial charge in [0.25, 0.3) is 10.0 Å². The molecule has 2 rings (SSSR count). The van der Waals surface area contributed by atoms with Gasteiger partial charge in [-0.15, -0.1) is 4.40 Å². The van der Waals surface area contributed by atoms with E-state index in [1.165, 1.54) is 12.1 Å². The highest BCUT2D eigenvalue weighted by molar-refractivity contribution is 7.90. The van der Waals surface area contributed by atoms with Crippen molar-refractivity contribution in [1.29, 1.82) is 0 Å². The van der Waals surface area contributed by atoms with E-state index in [2.05, 4.69) is 9.71 Å². The molecule has 0 atom stereocenters. The topological polar surface area (TPSA) is 67.8 Å². The first kappa shape index (κ1) is 10.9. The fourth-order valence-electron chi connectivity index (χ4n) is 1.29. The van der Waals surface area contributed by atoms with E-state index in [-0.39, 0.29) is 10.9 Å². The van der Waals surface area contributed by atoms with Gasteiger partial charge in [0.1, 0.15) is 6.61 Å². The average molecular weight is 240 g/mol. The van der Waals surface area contributed by atoms with Gasteiger partial charge in [-0.1, -0.05) is 17.7 Å². The molecule has 0 radical (unpaired) electrons. The molecule has 0 aliphatic carbocycles. The van der Waals surface area contributed by atoms with Crippen LogP contribution in [-0.2, 0) is 14.8 Å². The average Bonchev–Trinajstić information content (AvgIpc) is 2.70. The highest BCUT2D eigenvalue weighted by atomic mass is 32.2. The molecule has 6 heteroatoms. The molecule has 0 unspecified atom stereocenters. The van der Waals surface area contributed by atoms with Crippen LogP contribution in [0.2, 0.25) is 0 Å². The first-order chi connectivity index (χ1) is 7.58. The highest BCUT2D eigenvalue weighted by Gasteiger charge is 2.17. The van der Waals surface area contributed by atoms with Crippen molar-refractivity contribution >= 4 is 16.0 Å². The molecule has 1 heterocycles. The Morgan fingerprint density at radius 1 is 1.31 bits per heavy atom. The number of rotatable bonds is 2. The van der Waals surface area contributed by atoms with Gasteiger partial charge in [-0.2, -0.15) is 8.42 Å². The van der Waals surface area contributed by atoms with E-state index in [1.54, 1.807) is 12.1 Å². The first-order valence-electron chi connectivity index (χ1n) is 4.86. The third kappa shape index (κ3) is 2.33. The zero-order chi connectivity index (χ0) is 11.6. The van der Waals surface area contributed by atoms with Gasteiger partial charge in [-0.3, -0.25) is 0 Å². The number of nitrogens with zero attached hydrogens (tertiary/aromatic N) is 1. The van der Waals surface area contributed by atoms with Gasteiger partial charge in [-0.05, 0) is 19.1 Å². The third-order valence-corrected chi connectivity index (χ3v) is 3.41. The Morgan fingerprint density at radius 3 is 2.56 bits per heavy atom. The Morgan fingerprint density at radius 2 is 2.00 bits per heavy atom. The Hall–Kier alpha value is -1.56. The Balaban J connectivity index is 2.31. The second-order valence-corrected chi connectivity index (χ2v) is 5.06. The third-order valence-electron chi connectivity index (χ3n) is 2.14. The van der Waals surface area contributed by atoms with Crippen LogP contribution in [-0.4, -0.2) is 27.6 Å². The highest BCUT2D eigenvalue weighted by Crippen LogP contribution is 2.13. The molecule has 0 saturated carbocycles. The molecule has 0 bridgehead atoms. The largest absolute Gasteiger partial charge is 0.463 e. The van der Waals surface area contributed by atoms with Crippen molar-refractivity contribution in [3.05, 3.63) is 29.8 Å². The minimum Gasteiger partial charge on any atom is -0.463 e. The standard InChI is InChI=1S/C10H12N2O3S/c1-8-2-4-9(5-3-8)16(13,14)12-10-11-6-7-15-10/h2-5H,6-7H2,1H3,(H,11,12). The quantitative estimate of drug-likeness (QED) is 0.824. The molecule has 1 N–H and O–H groups in total. The molecule has 1 aliphatic rings. The summed E-state index contributed by atoms with van der Waals surface area (Å²) >= 11 is 0. The minimum atomic E-state index is -3.66. The van der Waals surface area contributed by atoms with E-state index in [1.807, 2.05) is 6.92 Å². The Kier molecular flexibility index (Phi) is 2.82. The summed E-state index contributed by atoms with van der Waals surface area (Å²) in [7, 11) is -3.66. The number of nitrogens with one attached hydrogen (secondary N) is 1. The van der Waals surface area contributed by atoms with Gasteiger partial charge in [0.05, 0.1) is 11.4 Å². The summed E-state index contributed by atoms with van der Waals surface area (Å²) in [5.74, 6) is 0. The van der Waals surface area contributed by atoms with Crippen molar-refractivity contribution in [3.8, 4) is 0 Å². The summed E-state index contributed by atoms with van der Waals surface area (Å²) in [5.41, 5.74) is 1.00. The molecule has 1 aromatic carbocycles. The van der Waals surface area contributed by atoms with Crippen molar-refractivity contribution in [2.24, 2.45) is 4.40 Å². The molecule has 1 fully saturated rings. The maximum Gasteiger partial charge on any atom is 0.300 e. The molecular formula is C10H12N2O3S. The molecule has 1 aliphatic heterocycles. The van der Waals surface area contributed by atoms with E-state index in [0.29, 0.717) is 13.2 Å². The van der Waals surface area contributed by atoms with Gasteiger partial charge in [0.15, 0.2) is 0 Å². The van der Waals surface area contributed by atoms with E-state index >= 15 is 0 Å². The second-order valence-electron chi connectivity index (χ2n) is 3.46. The summed E-state index contributed by atoms with van der Waals surface area (Å²) in [4.78, 5) is 0.169. The number of benzene rings is 1. The van der Waals surface area contributed by atoms with Crippen LogP contribution in [0.3, 0.4) is 0 Å². The van der Waals surface area contributed by atoms with Gasteiger partial charge in [-0.25, -0.2) is 0 Å². The first-order valence-corrected chi connectivity index (χ1v) is 6.30. The van der Waals surface area contributed by atoms with Crippen LogP contribution in [0.25, 0.3) is 0 Å². The molecule has 5 nitrogen and oxygen atoms in total. The minimum absolute atomic E-state index is 0.0700. The van der Waals surface area contributed by atoms with E-state index < -0.39 is 10.0 Å². The Labute approximate surface area is 94.2 Å². The predicted octanol–water partition coefficient (Wildman–Crippen LogP) is 0.660. The van der Waals surface area contributed by atoms with Crippen LogP contribution in [0.4, 0.5) is 0 Å². The number of sulfonamides is 1. The lowest BCUT2D eigenvalue weighted by Crippen LogP contribution is -2.17. The van der Waals surface area contributed by atoms with E-state index in [9.17, 15) is 8.42 Å².